The van der Waals surface area contributed by atoms with Crippen LogP contribution in [0.15, 0.2) is 24.4 Å². The summed E-state index contributed by atoms with van der Waals surface area (Å²) in [7, 11) is 1.69. The second-order valence-electron chi connectivity index (χ2n) is 3.97. The molecule has 0 saturated carbocycles. The summed E-state index contributed by atoms with van der Waals surface area (Å²) >= 11 is 2.17. The normalized spacial score (nSPS) is 12.5. The maximum atomic E-state index is 12.2. The van der Waals surface area contributed by atoms with Gasteiger partial charge in [0.05, 0.1) is 9.26 Å². The van der Waals surface area contributed by atoms with Crippen LogP contribution in [0.2, 0.25) is 0 Å². The number of fused-ring (bicyclic) bond motifs is 1. The van der Waals surface area contributed by atoms with Gasteiger partial charge in [-0.2, -0.15) is 5.10 Å². The molecule has 0 radical (unpaired) electrons. The number of nitrogens with zero attached hydrogens (tertiary/aromatic N) is 2. The molecule has 6 nitrogen and oxygen atoms in total. The van der Waals surface area contributed by atoms with E-state index in [-0.39, 0.29) is 12.7 Å². The summed E-state index contributed by atoms with van der Waals surface area (Å²) < 4.78 is 11.8. The highest BCUT2D eigenvalue weighted by atomic mass is 127. The third-order valence-corrected chi connectivity index (χ3v) is 3.70. The van der Waals surface area contributed by atoms with Gasteiger partial charge in [0, 0.05) is 13.2 Å². The van der Waals surface area contributed by atoms with E-state index in [0.717, 1.165) is 3.57 Å². The minimum Gasteiger partial charge on any atom is -0.452 e. The lowest BCUT2D eigenvalue weighted by atomic mass is 10.2. The molecule has 98 valence electrons. The molecule has 0 unspecified atom stereocenters. The Kier molecular flexibility index (Phi) is 3.05. The van der Waals surface area contributed by atoms with Gasteiger partial charge in [0.25, 0.3) is 5.91 Å². The molecule has 3 rings (SSSR count). The largest absolute Gasteiger partial charge is 0.452 e. The predicted molar refractivity (Wildman–Crippen MR) is 76.6 cm³/mol. The highest BCUT2D eigenvalue weighted by Gasteiger charge is 2.26. The van der Waals surface area contributed by atoms with E-state index in [1.807, 2.05) is 12.1 Å². The SMILES string of the molecule is CN(C(=O)c1ccn[nH]1)c1ccc(I)c2c1OCO2. The van der Waals surface area contributed by atoms with Gasteiger partial charge in [-0.05, 0) is 40.8 Å². The first kappa shape index (κ1) is 12.3. The molecule has 1 aromatic heterocycles. The Labute approximate surface area is 122 Å². The first-order chi connectivity index (χ1) is 9.18. The third-order valence-electron chi connectivity index (χ3n) is 2.85. The first-order valence-electron chi connectivity index (χ1n) is 5.54. The van der Waals surface area contributed by atoms with Crippen LogP contribution in [-0.4, -0.2) is 29.9 Å². The van der Waals surface area contributed by atoms with E-state index in [4.69, 9.17) is 9.47 Å². The fourth-order valence-corrected chi connectivity index (χ4v) is 2.46. The van der Waals surface area contributed by atoms with E-state index >= 15 is 0 Å². The highest BCUT2D eigenvalue weighted by Crippen LogP contribution is 2.44. The number of nitrogens with one attached hydrogen (secondary N) is 1. The number of ether oxygens (including phenoxy) is 2. The molecule has 19 heavy (non-hydrogen) atoms. The van der Waals surface area contributed by atoms with Crippen molar-refractivity contribution in [1.82, 2.24) is 10.2 Å². The Morgan fingerprint density at radius 2 is 2.16 bits per heavy atom. The highest BCUT2D eigenvalue weighted by molar-refractivity contribution is 14.1. The van der Waals surface area contributed by atoms with Gasteiger partial charge in [-0.25, -0.2) is 0 Å². The summed E-state index contributed by atoms with van der Waals surface area (Å²) in [6.07, 6.45) is 1.54. The van der Waals surface area contributed by atoms with Crippen LogP contribution in [0.25, 0.3) is 0 Å². The quantitative estimate of drug-likeness (QED) is 0.821. The number of anilines is 1. The summed E-state index contributed by atoms with van der Waals surface area (Å²) in [5, 5.41) is 6.43. The van der Waals surface area contributed by atoms with Gasteiger partial charge < -0.3 is 14.4 Å². The Hall–Kier alpha value is -1.77. The average Bonchev–Trinajstić information content (AvgIpc) is 3.08. The molecule has 2 aromatic rings. The molecule has 0 fully saturated rings. The fourth-order valence-electron chi connectivity index (χ4n) is 1.88. The smallest absolute Gasteiger partial charge is 0.276 e. The van der Waals surface area contributed by atoms with Crippen LogP contribution < -0.4 is 14.4 Å². The number of aromatic amines is 1. The van der Waals surface area contributed by atoms with Gasteiger partial charge >= 0.3 is 0 Å². The molecular formula is C12H10IN3O3. The van der Waals surface area contributed by atoms with E-state index in [0.29, 0.717) is 22.9 Å². The number of carbonyl (C=O) groups excluding carboxylic acids is 1. The number of amides is 1. The fraction of sp³-hybridized carbons (Fsp3) is 0.167. The van der Waals surface area contributed by atoms with Crippen molar-refractivity contribution in [3.8, 4) is 11.5 Å². The second-order valence-corrected chi connectivity index (χ2v) is 5.13. The van der Waals surface area contributed by atoms with Gasteiger partial charge in [0.1, 0.15) is 5.69 Å². The minimum atomic E-state index is -0.184. The van der Waals surface area contributed by atoms with E-state index in [9.17, 15) is 4.79 Å². The zero-order valence-electron chi connectivity index (χ0n) is 10.0. The molecule has 2 heterocycles. The molecule has 0 spiro atoms. The van der Waals surface area contributed by atoms with E-state index in [2.05, 4.69) is 32.8 Å². The average molecular weight is 371 g/mol. The van der Waals surface area contributed by atoms with Crippen molar-refractivity contribution in [1.29, 1.82) is 0 Å². The van der Waals surface area contributed by atoms with Crippen LogP contribution in [-0.2, 0) is 0 Å². The van der Waals surface area contributed by atoms with Crippen LogP contribution in [0.4, 0.5) is 5.69 Å². The lowest BCUT2D eigenvalue weighted by Crippen LogP contribution is -2.26. The van der Waals surface area contributed by atoms with Crippen LogP contribution in [0, 0.1) is 3.57 Å². The van der Waals surface area contributed by atoms with Crippen molar-refractivity contribution in [2.45, 2.75) is 0 Å². The lowest BCUT2D eigenvalue weighted by molar-refractivity contribution is 0.0987. The van der Waals surface area contributed by atoms with E-state index in [1.54, 1.807) is 19.3 Å². The van der Waals surface area contributed by atoms with E-state index < -0.39 is 0 Å². The first-order valence-corrected chi connectivity index (χ1v) is 6.62. The number of H-pyrrole nitrogens is 1. The molecule has 7 heteroatoms. The van der Waals surface area contributed by atoms with E-state index in [1.165, 1.54) is 4.90 Å². The monoisotopic (exact) mass is 371 g/mol. The third kappa shape index (κ3) is 2.03. The molecule has 1 aliphatic rings. The maximum Gasteiger partial charge on any atom is 0.276 e. The summed E-state index contributed by atoms with van der Waals surface area (Å²) in [6, 6.07) is 5.35. The van der Waals surface area contributed by atoms with Crippen LogP contribution in [0.1, 0.15) is 10.5 Å². The summed E-state index contributed by atoms with van der Waals surface area (Å²) in [5.74, 6) is 1.10. The number of hydrogen-bond acceptors (Lipinski definition) is 4. The lowest BCUT2D eigenvalue weighted by Gasteiger charge is -2.18. The van der Waals surface area contributed by atoms with Gasteiger partial charge in [0.15, 0.2) is 11.5 Å². The molecule has 0 atom stereocenters. The number of aromatic nitrogens is 2. The summed E-state index contributed by atoms with van der Waals surface area (Å²) in [5.41, 5.74) is 1.10. The molecule has 0 aliphatic carbocycles. The van der Waals surface area contributed by atoms with Gasteiger partial charge in [-0.1, -0.05) is 0 Å². The molecule has 1 amide bonds. The molecule has 1 aliphatic heterocycles. The number of benzene rings is 1. The van der Waals surface area contributed by atoms with Gasteiger partial charge in [-0.15, -0.1) is 0 Å². The molecule has 0 saturated heterocycles. The predicted octanol–water partition coefficient (Wildman–Crippen LogP) is 2.02. The van der Waals surface area contributed by atoms with Crippen molar-refractivity contribution in [2.24, 2.45) is 0 Å². The Bertz CT molecular complexity index is 627. The molecular weight excluding hydrogens is 361 g/mol. The van der Waals surface area contributed by atoms with Gasteiger partial charge in [-0.3, -0.25) is 9.89 Å². The standard InChI is InChI=1S/C12H10IN3O3/c1-16(12(17)8-4-5-14-15-8)9-3-2-7(13)10-11(9)19-6-18-10/h2-5H,6H2,1H3,(H,14,15). The molecule has 1 N–H and O–H groups in total. The number of hydrogen-bond donors (Lipinski definition) is 1. The van der Waals surface area contributed by atoms with Crippen LogP contribution in [0.5, 0.6) is 11.5 Å². The maximum absolute atomic E-state index is 12.2. The van der Waals surface area contributed by atoms with Crippen LogP contribution >= 0.6 is 22.6 Å². The molecule has 0 bridgehead atoms. The number of carbonyl (C=O) groups is 1. The van der Waals surface area contributed by atoms with Crippen molar-refractivity contribution in [3.05, 3.63) is 33.7 Å². The number of rotatable bonds is 2. The minimum absolute atomic E-state index is 0.175. The van der Waals surface area contributed by atoms with Crippen molar-refractivity contribution >= 4 is 34.2 Å². The zero-order chi connectivity index (χ0) is 13.4. The zero-order valence-corrected chi connectivity index (χ0v) is 12.2. The number of halogens is 1. The topological polar surface area (TPSA) is 67.5 Å². The van der Waals surface area contributed by atoms with Crippen molar-refractivity contribution < 1.29 is 14.3 Å². The van der Waals surface area contributed by atoms with Crippen molar-refractivity contribution in [2.75, 3.05) is 18.7 Å². The summed E-state index contributed by atoms with van der Waals surface area (Å²) in [6.45, 7) is 0.175. The second kappa shape index (κ2) is 4.72. The van der Waals surface area contributed by atoms with Crippen LogP contribution in [0.3, 0.4) is 0 Å². The Balaban J connectivity index is 1.99. The van der Waals surface area contributed by atoms with Crippen molar-refractivity contribution in [3.63, 3.8) is 0 Å². The molecule has 1 aromatic carbocycles. The van der Waals surface area contributed by atoms with Gasteiger partial charge in [0.2, 0.25) is 6.79 Å². The Morgan fingerprint density at radius 1 is 1.37 bits per heavy atom. The summed E-state index contributed by atoms with van der Waals surface area (Å²) in [4.78, 5) is 13.8. The Morgan fingerprint density at radius 3 is 2.89 bits per heavy atom.